The van der Waals surface area contributed by atoms with Gasteiger partial charge >= 0.3 is 23.1 Å². The quantitative estimate of drug-likeness (QED) is 0.0521. The molecule has 18 nitrogen and oxygen atoms in total. The summed E-state index contributed by atoms with van der Waals surface area (Å²) in [6, 6.07) is -1.51. The second-order valence-electron chi connectivity index (χ2n) is 8.45. The van der Waals surface area contributed by atoms with Gasteiger partial charge in [-0.2, -0.15) is 0 Å². The lowest BCUT2D eigenvalue weighted by atomic mass is 10.0. The van der Waals surface area contributed by atoms with Gasteiger partial charge < -0.3 is 31.6 Å². The van der Waals surface area contributed by atoms with Crippen molar-refractivity contribution in [1.29, 1.82) is 0 Å². The van der Waals surface area contributed by atoms with Crippen LogP contribution < -0.4 is 32.8 Å². The van der Waals surface area contributed by atoms with E-state index >= 15 is 0 Å². The van der Waals surface area contributed by atoms with E-state index < -0.39 is 46.3 Å². The average molecular weight is 653 g/mol. The first-order valence-electron chi connectivity index (χ1n) is 12.1. The van der Waals surface area contributed by atoms with Crippen molar-refractivity contribution < 1.29 is 29.1 Å². The van der Waals surface area contributed by atoms with Crippen LogP contribution in [-0.2, 0) is 25.8 Å². The lowest BCUT2D eigenvalue weighted by molar-refractivity contribution is -0.150. The number of hydrogen-bond acceptors (Lipinski definition) is 14. The van der Waals surface area contributed by atoms with Gasteiger partial charge in [0.05, 0.1) is 0 Å². The van der Waals surface area contributed by atoms with Gasteiger partial charge in [-0.1, -0.05) is 16.9 Å². The number of carboxylic acids is 1. The number of fused-ring (bicyclic) bond motifs is 1. The van der Waals surface area contributed by atoms with Gasteiger partial charge in [0.2, 0.25) is 0 Å². The minimum Gasteiger partial charge on any atom is -0.477 e. The number of amides is 4. The molecule has 2 aliphatic rings. The molecule has 0 aliphatic carbocycles. The smallest absolute Gasteiger partial charge is 0.352 e. The van der Waals surface area contributed by atoms with E-state index in [1.54, 1.807) is 0 Å². The zero-order chi connectivity index (χ0) is 31.3. The summed E-state index contributed by atoms with van der Waals surface area (Å²) >= 11 is 3.23. The molecular weight excluding hydrogens is 629 g/mol. The molecule has 4 heterocycles. The number of oxime groups is 1. The van der Waals surface area contributed by atoms with Gasteiger partial charge in [0.15, 0.2) is 16.0 Å². The Morgan fingerprint density at radius 3 is 2.77 bits per heavy atom. The van der Waals surface area contributed by atoms with E-state index in [1.165, 1.54) is 42.8 Å². The molecule has 4 rings (SSSR count). The second-order valence-corrected chi connectivity index (χ2v) is 11.3. The number of thiazole rings is 1. The molecule has 1 saturated heterocycles. The van der Waals surface area contributed by atoms with Gasteiger partial charge in [-0.3, -0.25) is 28.6 Å². The number of anilines is 1. The molecule has 1 fully saturated rings. The van der Waals surface area contributed by atoms with Gasteiger partial charge in [0, 0.05) is 31.3 Å². The van der Waals surface area contributed by atoms with Gasteiger partial charge in [-0.15, -0.1) is 28.2 Å². The Morgan fingerprint density at radius 1 is 1.35 bits per heavy atom. The van der Waals surface area contributed by atoms with Crippen LogP contribution in [0.3, 0.4) is 0 Å². The number of carbonyl (C=O) groups excluding carboxylic acids is 3. The molecule has 2 aromatic heterocycles. The number of allylic oxidation sites excluding steroid dienone is 1. The Kier molecular flexibility index (Phi) is 9.88. The molecule has 21 heteroatoms. The number of carboxylic acid groups (broad SMARTS) is 1. The van der Waals surface area contributed by atoms with E-state index in [9.17, 15) is 33.9 Å². The number of urea groups is 1. The zero-order valence-electron chi connectivity index (χ0n) is 22.4. The second kappa shape index (κ2) is 13.6. The number of nitrogens with two attached hydrogens (primary N) is 1. The normalized spacial score (nSPS) is 18.2. The molecule has 0 spiro atoms. The molecule has 0 bridgehead atoms. The summed E-state index contributed by atoms with van der Waals surface area (Å²) in [7, 11) is 2.66. The molecule has 4 amide bonds. The first kappa shape index (κ1) is 31.3. The third-order valence-electron chi connectivity index (χ3n) is 5.86. The highest BCUT2D eigenvalue weighted by Gasteiger charge is 2.54. The molecule has 0 radical (unpaired) electrons. The molecule has 2 unspecified atom stereocenters. The number of nitrogen functional groups attached to an aromatic ring is 1. The number of nitrogens with zero attached hydrogens (tertiary/aromatic N) is 5. The highest BCUT2D eigenvalue weighted by Crippen LogP contribution is 2.41. The Bertz CT molecular complexity index is 1660. The average Bonchev–Trinajstić information content (AvgIpc) is 3.42. The fourth-order valence-electron chi connectivity index (χ4n) is 3.92. The van der Waals surface area contributed by atoms with Crippen molar-refractivity contribution >= 4 is 69.5 Å². The van der Waals surface area contributed by atoms with E-state index in [2.05, 4.69) is 36.3 Å². The summed E-state index contributed by atoms with van der Waals surface area (Å²) in [5, 5.41) is 29.6. The van der Waals surface area contributed by atoms with Crippen LogP contribution >= 0.6 is 34.9 Å². The van der Waals surface area contributed by atoms with Crippen LogP contribution in [0.5, 0.6) is 0 Å². The van der Waals surface area contributed by atoms with Crippen LogP contribution in [0.4, 0.5) is 9.93 Å². The largest absolute Gasteiger partial charge is 0.477 e. The molecule has 43 heavy (non-hydrogen) atoms. The lowest BCUT2D eigenvalue weighted by Gasteiger charge is -2.49. The maximum Gasteiger partial charge on any atom is 0.352 e. The number of rotatable bonds is 11. The number of β-lactam (4-membered cyclic amide) rings is 1. The summed E-state index contributed by atoms with van der Waals surface area (Å²) in [6.45, 7) is -0.0260. The minimum absolute atomic E-state index is 0.0275. The van der Waals surface area contributed by atoms with Crippen molar-refractivity contribution in [3.63, 3.8) is 0 Å². The van der Waals surface area contributed by atoms with Crippen LogP contribution in [0, 0.1) is 0 Å². The minimum atomic E-state index is -1.35. The van der Waals surface area contributed by atoms with Crippen molar-refractivity contribution in [2.45, 2.75) is 23.1 Å². The summed E-state index contributed by atoms with van der Waals surface area (Å²) in [6.07, 6.45) is 1.46. The van der Waals surface area contributed by atoms with E-state index in [-0.39, 0.29) is 46.2 Å². The highest BCUT2D eigenvalue weighted by atomic mass is 32.2. The van der Waals surface area contributed by atoms with Gasteiger partial charge in [-0.25, -0.2) is 19.7 Å². The summed E-state index contributed by atoms with van der Waals surface area (Å²) in [5.41, 5.74) is 3.78. The van der Waals surface area contributed by atoms with Crippen molar-refractivity contribution in [3.05, 3.63) is 54.5 Å². The third kappa shape index (κ3) is 6.73. The van der Waals surface area contributed by atoms with Crippen molar-refractivity contribution in [3.8, 4) is 0 Å². The van der Waals surface area contributed by atoms with E-state index in [0.717, 1.165) is 32.6 Å². The number of thioether (sulfide) groups is 2. The SMILES string of the molecule is CNC(=O)NCCn1c(SC=CC2=C(C(=O)O)N3C(=O)C(NC(=O)C(=NOC)c4csc(N)n4)C3SC2)n[nH]c(=O)c1=O. The van der Waals surface area contributed by atoms with Crippen molar-refractivity contribution in [1.82, 2.24) is 40.6 Å². The summed E-state index contributed by atoms with van der Waals surface area (Å²) < 4.78 is 1.06. The lowest BCUT2D eigenvalue weighted by Crippen LogP contribution is -2.71. The van der Waals surface area contributed by atoms with Gasteiger partial charge in [0.1, 0.15) is 29.9 Å². The predicted octanol–water partition coefficient (Wildman–Crippen LogP) is -1.71. The fraction of sp³-hybridized carbons (Fsp3) is 0.318. The molecular formula is C22H24N10O8S3. The Balaban J connectivity index is 1.49. The topological polar surface area (TPSA) is 256 Å². The van der Waals surface area contributed by atoms with E-state index in [0.29, 0.717) is 5.57 Å². The van der Waals surface area contributed by atoms with Crippen LogP contribution in [0.15, 0.2) is 48.0 Å². The zero-order valence-corrected chi connectivity index (χ0v) is 24.8. The maximum absolute atomic E-state index is 13.0. The molecule has 228 valence electrons. The maximum atomic E-state index is 13.0. The molecule has 0 aromatic carbocycles. The van der Waals surface area contributed by atoms with Gasteiger partial charge in [-0.05, 0) is 17.1 Å². The Morgan fingerprint density at radius 2 is 2.12 bits per heavy atom. The number of aromatic amines is 1. The number of hydrogen-bond donors (Lipinski definition) is 6. The number of carbonyl (C=O) groups is 4. The highest BCUT2D eigenvalue weighted by molar-refractivity contribution is 8.02. The summed E-state index contributed by atoms with van der Waals surface area (Å²) in [4.78, 5) is 83.5. The molecule has 2 aliphatic heterocycles. The standard InChI is InChI=1S/C22H24N10O8S3/c1-24-21(39)25-4-5-31-17(36)15(34)28-29-22(31)41-6-3-9-7-42-18-12(16(35)32(18)13(9)19(37)38)27-14(33)11(30-40-2)10-8-43-20(23)26-10/h3,6,8,12,18H,4-5,7H2,1-2H3,(H2,23,26)(H,27,33)(H,28,34)(H,37,38)(H2,24,25,39). The number of H-pyrrole nitrogens is 1. The first-order chi connectivity index (χ1) is 20.6. The Hall–Kier alpha value is -4.63. The molecule has 7 N–H and O–H groups in total. The third-order valence-corrected chi connectivity index (χ3v) is 8.63. The van der Waals surface area contributed by atoms with Crippen LogP contribution in [0.25, 0.3) is 0 Å². The summed E-state index contributed by atoms with van der Waals surface area (Å²) in [5.74, 6) is -2.58. The van der Waals surface area contributed by atoms with Crippen molar-refractivity contribution in [2.75, 3.05) is 32.2 Å². The van der Waals surface area contributed by atoms with Crippen LogP contribution in [0.1, 0.15) is 5.69 Å². The Labute approximate surface area is 253 Å². The van der Waals surface area contributed by atoms with Gasteiger partial charge in [0.25, 0.3) is 11.8 Å². The van der Waals surface area contributed by atoms with E-state index in [1.807, 2.05) is 0 Å². The number of aromatic nitrogens is 4. The molecule has 2 aromatic rings. The van der Waals surface area contributed by atoms with Crippen molar-refractivity contribution in [2.24, 2.45) is 5.16 Å². The molecule has 0 saturated carbocycles. The number of aliphatic carboxylic acids is 1. The number of nitrogens with one attached hydrogen (secondary N) is 4. The molecule has 2 atom stereocenters. The fourth-order valence-corrected chi connectivity index (χ4v) is 6.54. The first-order valence-corrected chi connectivity index (χ1v) is 14.9. The monoisotopic (exact) mass is 652 g/mol. The van der Waals surface area contributed by atoms with E-state index in [4.69, 9.17) is 10.6 Å². The van der Waals surface area contributed by atoms with Crippen LogP contribution in [-0.4, -0.2) is 97.2 Å². The predicted molar refractivity (Wildman–Crippen MR) is 156 cm³/mol. The van der Waals surface area contributed by atoms with Crippen LogP contribution in [0.2, 0.25) is 0 Å².